The van der Waals surface area contributed by atoms with Gasteiger partial charge in [0.1, 0.15) is 0 Å². The highest BCUT2D eigenvalue weighted by atomic mass is 32.2. The molecule has 5 heteroatoms. The first-order valence-electron chi connectivity index (χ1n) is 6.88. The molecule has 4 nitrogen and oxygen atoms in total. The third-order valence-corrected chi connectivity index (χ3v) is 5.02. The van der Waals surface area contributed by atoms with Gasteiger partial charge in [0, 0.05) is 12.2 Å². The van der Waals surface area contributed by atoms with Crippen LogP contribution in [0.5, 0.6) is 0 Å². The van der Waals surface area contributed by atoms with E-state index in [1.54, 1.807) is 25.1 Å². The lowest BCUT2D eigenvalue weighted by atomic mass is 10.1. The molecule has 0 aromatic heterocycles. The number of rotatable bonds is 5. The number of nitrogens with two attached hydrogens (primary N) is 1. The lowest BCUT2D eigenvalue weighted by Gasteiger charge is -2.13. The molecule has 3 N–H and O–H groups in total. The number of aryl methyl sites for hydroxylation is 1. The van der Waals surface area contributed by atoms with Crippen molar-refractivity contribution in [1.82, 2.24) is 0 Å². The van der Waals surface area contributed by atoms with Gasteiger partial charge in [-0.3, -0.25) is 4.72 Å². The van der Waals surface area contributed by atoms with Gasteiger partial charge in [0.25, 0.3) is 10.0 Å². The van der Waals surface area contributed by atoms with Crippen LogP contribution in [0.25, 0.3) is 0 Å². The van der Waals surface area contributed by atoms with Gasteiger partial charge in [-0.05, 0) is 48.2 Å². The molecule has 0 radical (unpaired) electrons. The number of benzene rings is 2. The van der Waals surface area contributed by atoms with E-state index in [1.807, 2.05) is 31.2 Å². The van der Waals surface area contributed by atoms with Crippen molar-refractivity contribution < 1.29 is 8.42 Å². The van der Waals surface area contributed by atoms with E-state index in [0.29, 0.717) is 17.8 Å². The van der Waals surface area contributed by atoms with E-state index in [-0.39, 0.29) is 4.90 Å². The molecule has 0 aliphatic rings. The fourth-order valence-electron chi connectivity index (χ4n) is 2.24. The normalized spacial score (nSPS) is 11.4. The molecule has 0 unspecified atom stereocenters. The lowest BCUT2D eigenvalue weighted by molar-refractivity contribution is 0.600. The first kappa shape index (κ1) is 15.5. The van der Waals surface area contributed by atoms with Gasteiger partial charge in [0.2, 0.25) is 0 Å². The molecule has 112 valence electrons. The SMILES string of the molecule is CCc1cccc(NS(=O)(=O)c2cccc(CN)c2C)c1. The summed E-state index contributed by atoms with van der Waals surface area (Å²) in [6.07, 6.45) is 0.858. The monoisotopic (exact) mass is 304 g/mol. The van der Waals surface area contributed by atoms with Crippen molar-refractivity contribution in [3.05, 3.63) is 59.2 Å². The highest BCUT2D eigenvalue weighted by Gasteiger charge is 2.18. The molecule has 21 heavy (non-hydrogen) atoms. The van der Waals surface area contributed by atoms with Gasteiger partial charge in [0.15, 0.2) is 0 Å². The van der Waals surface area contributed by atoms with E-state index in [9.17, 15) is 8.42 Å². The fourth-order valence-corrected chi connectivity index (χ4v) is 3.58. The Labute approximate surface area is 126 Å². The molecule has 2 rings (SSSR count). The molecule has 2 aromatic carbocycles. The van der Waals surface area contributed by atoms with Crippen LogP contribution in [0.1, 0.15) is 23.6 Å². The Morgan fingerprint density at radius 1 is 1.14 bits per heavy atom. The molecule has 0 aliphatic carbocycles. The Morgan fingerprint density at radius 3 is 2.52 bits per heavy atom. The summed E-state index contributed by atoms with van der Waals surface area (Å²) in [5, 5.41) is 0. The summed E-state index contributed by atoms with van der Waals surface area (Å²) in [5.74, 6) is 0. The molecule has 0 fully saturated rings. The van der Waals surface area contributed by atoms with E-state index >= 15 is 0 Å². The minimum absolute atomic E-state index is 0.271. The maximum absolute atomic E-state index is 12.5. The molecule has 0 saturated heterocycles. The van der Waals surface area contributed by atoms with Gasteiger partial charge >= 0.3 is 0 Å². The summed E-state index contributed by atoms with van der Waals surface area (Å²) >= 11 is 0. The Morgan fingerprint density at radius 2 is 1.86 bits per heavy atom. The predicted octanol–water partition coefficient (Wildman–Crippen LogP) is 2.82. The Bertz CT molecular complexity index is 740. The van der Waals surface area contributed by atoms with Crippen LogP contribution in [-0.2, 0) is 23.0 Å². The zero-order valence-corrected chi connectivity index (χ0v) is 13.1. The van der Waals surface area contributed by atoms with Crippen molar-refractivity contribution in [3.63, 3.8) is 0 Å². The zero-order chi connectivity index (χ0) is 15.5. The highest BCUT2D eigenvalue weighted by Crippen LogP contribution is 2.22. The second-order valence-electron chi connectivity index (χ2n) is 4.90. The van der Waals surface area contributed by atoms with Crippen LogP contribution in [0.4, 0.5) is 5.69 Å². The van der Waals surface area contributed by atoms with E-state index in [1.165, 1.54) is 0 Å². The molecule has 0 aliphatic heterocycles. The van der Waals surface area contributed by atoms with E-state index in [0.717, 1.165) is 17.5 Å². The topological polar surface area (TPSA) is 72.2 Å². The van der Waals surface area contributed by atoms with Crippen molar-refractivity contribution in [2.75, 3.05) is 4.72 Å². The van der Waals surface area contributed by atoms with Crippen LogP contribution in [0.2, 0.25) is 0 Å². The van der Waals surface area contributed by atoms with Crippen molar-refractivity contribution >= 4 is 15.7 Å². The Hall–Kier alpha value is -1.85. The minimum Gasteiger partial charge on any atom is -0.326 e. The van der Waals surface area contributed by atoms with Crippen LogP contribution < -0.4 is 10.5 Å². The number of nitrogens with one attached hydrogen (secondary N) is 1. The number of hydrogen-bond donors (Lipinski definition) is 2. The quantitative estimate of drug-likeness (QED) is 0.892. The summed E-state index contributed by atoms with van der Waals surface area (Å²) in [5.41, 5.74) is 8.83. The lowest BCUT2D eigenvalue weighted by Crippen LogP contribution is -2.15. The first-order chi connectivity index (χ1) is 9.97. The average Bonchev–Trinajstić information content (AvgIpc) is 2.47. The Kier molecular flexibility index (Phi) is 4.65. The molecule has 2 aromatic rings. The molecular formula is C16H20N2O2S. The third-order valence-electron chi connectivity index (χ3n) is 3.49. The molecule has 0 spiro atoms. The standard InChI is InChI=1S/C16H20N2O2S/c1-3-13-6-4-8-15(10-13)18-21(19,20)16-9-5-7-14(11-17)12(16)2/h4-10,18H,3,11,17H2,1-2H3. The van der Waals surface area contributed by atoms with Crippen molar-refractivity contribution in [3.8, 4) is 0 Å². The summed E-state index contributed by atoms with van der Waals surface area (Å²) in [7, 11) is -3.61. The van der Waals surface area contributed by atoms with Gasteiger partial charge in [-0.25, -0.2) is 8.42 Å². The van der Waals surface area contributed by atoms with Crippen molar-refractivity contribution in [2.45, 2.75) is 31.7 Å². The molecule has 0 atom stereocenters. The van der Waals surface area contributed by atoms with Crippen LogP contribution >= 0.6 is 0 Å². The summed E-state index contributed by atoms with van der Waals surface area (Å²) in [6.45, 7) is 4.13. The average molecular weight is 304 g/mol. The Balaban J connectivity index is 2.38. The van der Waals surface area contributed by atoms with Gasteiger partial charge in [-0.15, -0.1) is 0 Å². The molecule has 0 saturated carbocycles. The molecule has 0 amide bonds. The first-order valence-corrected chi connectivity index (χ1v) is 8.36. The van der Waals surface area contributed by atoms with Crippen molar-refractivity contribution in [2.24, 2.45) is 5.73 Å². The van der Waals surface area contributed by atoms with Gasteiger partial charge in [-0.2, -0.15) is 0 Å². The molecular weight excluding hydrogens is 284 g/mol. The van der Waals surface area contributed by atoms with Crippen molar-refractivity contribution in [1.29, 1.82) is 0 Å². The van der Waals surface area contributed by atoms with Gasteiger partial charge in [0.05, 0.1) is 4.90 Å². The maximum Gasteiger partial charge on any atom is 0.262 e. The summed E-state index contributed by atoms with van der Waals surface area (Å²) < 4.78 is 27.7. The van der Waals surface area contributed by atoms with Gasteiger partial charge < -0.3 is 5.73 Å². The smallest absolute Gasteiger partial charge is 0.262 e. The largest absolute Gasteiger partial charge is 0.326 e. The van der Waals surface area contributed by atoms with E-state index in [2.05, 4.69) is 4.72 Å². The summed E-state index contributed by atoms with van der Waals surface area (Å²) in [4.78, 5) is 0.271. The molecule has 0 bridgehead atoms. The maximum atomic E-state index is 12.5. The summed E-state index contributed by atoms with van der Waals surface area (Å²) in [6, 6.07) is 12.6. The molecule has 0 heterocycles. The second-order valence-corrected chi connectivity index (χ2v) is 6.55. The van der Waals surface area contributed by atoms with Gasteiger partial charge in [-0.1, -0.05) is 31.2 Å². The zero-order valence-electron chi connectivity index (χ0n) is 12.3. The van der Waals surface area contributed by atoms with Crippen LogP contribution in [0, 0.1) is 6.92 Å². The van der Waals surface area contributed by atoms with Crippen LogP contribution in [0.3, 0.4) is 0 Å². The fraction of sp³-hybridized carbons (Fsp3) is 0.250. The number of anilines is 1. The van der Waals surface area contributed by atoms with E-state index < -0.39 is 10.0 Å². The van der Waals surface area contributed by atoms with Crippen LogP contribution in [0.15, 0.2) is 47.4 Å². The van der Waals surface area contributed by atoms with E-state index in [4.69, 9.17) is 5.73 Å². The third kappa shape index (κ3) is 3.43. The second kappa shape index (κ2) is 6.28. The number of sulfonamides is 1. The minimum atomic E-state index is -3.61. The number of hydrogen-bond acceptors (Lipinski definition) is 3. The predicted molar refractivity (Wildman–Crippen MR) is 85.7 cm³/mol. The highest BCUT2D eigenvalue weighted by molar-refractivity contribution is 7.92. The van der Waals surface area contributed by atoms with Crippen LogP contribution in [-0.4, -0.2) is 8.42 Å².